The first-order chi connectivity index (χ1) is 9.52. The third-order valence-electron chi connectivity index (χ3n) is 2.74. The first kappa shape index (κ1) is 14.7. The Labute approximate surface area is 126 Å². The van der Waals surface area contributed by atoms with Gasteiger partial charge in [0.05, 0.1) is 22.2 Å². The van der Waals surface area contributed by atoms with Crippen molar-refractivity contribution in [2.24, 2.45) is 0 Å². The maximum absolute atomic E-state index is 11.0. The number of hydrogen-bond acceptors (Lipinski definition) is 2. The lowest BCUT2D eigenvalue weighted by Gasteiger charge is -2.11. The summed E-state index contributed by atoms with van der Waals surface area (Å²) in [6.07, 6.45) is 0. The second-order valence-electron chi connectivity index (χ2n) is 4.08. The number of carboxylic acid groups (broad SMARTS) is 1. The zero-order valence-electron chi connectivity index (χ0n) is 10.7. The van der Waals surface area contributed by atoms with Crippen LogP contribution in [0.4, 0.5) is 0 Å². The van der Waals surface area contributed by atoms with Crippen molar-refractivity contribution in [1.29, 1.82) is 0 Å². The predicted molar refractivity (Wildman–Crippen MR) is 80.0 cm³/mol. The molecule has 2 aromatic rings. The van der Waals surface area contributed by atoms with Gasteiger partial charge >= 0.3 is 5.97 Å². The Morgan fingerprint density at radius 3 is 2.60 bits per heavy atom. The molecular formula is C15H12Cl2O3. The van der Waals surface area contributed by atoms with Gasteiger partial charge in [-0.3, -0.25) is 0 Å². The number of rotatable bonds is 4. The minimum Gasteiger partial charge on any atom is -0.492 e. The summed E-state index contributed by atoms with van der Waals surface area (Å²) in [7, 11) is 0. The molecular weight excluding hydrogens is 299 g/mol. The van der Waals surface area contributed by atoms with E-state index < -0.39 is 5.97 Å². The number of carboxylic acids is 1. The molecule has 2 rings (SSSR count). The van der Waals surface area contributed by atoms with Gasteiger partial charge in [0.2, 0.25) is 0 Å². The highest BCUT2D eigenvalue weighted by molar-refractivity contribution is 6.36. The average molecular weight is 311 g/mol. The Bertz CT molecular complexity index is 654. The number of benzene rings is 2. The SMILES string of the molecule is CCOc1cc(Cl)c(-c2cccc(C(=O)O)c2)cc1Cl. The minimum atomic E-state index is -0.986. The molecule has 0 atom stereocenters. The third-order valence-corrected chi connectivity index (χ3v) is 3.35. The van der Waals surface area contributed by atoms with E-state index in [0.29, 0.717) is 33.5 Å². The first-order valence-corrected chi connectivity index (χ1v) is 6.74. The van der Waals surface area contributed by atoms with Gasteiger partial charge in [-0.2, -0.15) is 0 Å². The smallest absolute Gasteiger partial charge is 0.335 e. The van der Waals surface area contributed by atoms with Crippen LogP contribution in [-0.2, 0) is 0 Å². The van der Waals surface area contributed by atoms with Crippen LogP contribution in [0.1, 0.15) is 17.3 Å². The molecule has 0 unspecified atom stereocenters. The fraction of sp³-hybridized carbons (Fsp3) is 0.133. The van der Waals surface area contributed by atoms with Crippen molar-refractivity contribution in [3.63, 3.8) is 0 Å². The van der Waals surface area contributed by atoms with Crippen molar-refractivity contribution >= 4 is 29.2 Å². The molecule has 0 aromatic heterocycles. The number of ether oxygens (including phenoxy) is 1. The van der Waals surface area contributed by atoms with E-state index in [-0.39, 0.29) is 5.56 Å². The molecule has 0 bridgehead atoms. The highest BCUT2D eigenvalue weighted by atomic mass is 35.5. The van der Waals surface area contributed by atoms with E-state index in [0.717, 1.165) is 0 Å². The van der Waals surface area contributed by atoms with Crippen LogP contribution in [0.25, 0.3) is 11.1 Å². The lowest BCUT2D eigenvalue weighted by atomic mass is 10.0. The Kier molecular flexibility index (Phi) is 4.53. The molecule has 1 N–H and O–H groups in total. The molecule has 104 valence electrons. The van der Waals surface area contributed by atoms with E-state index in [9.17, 15) is 4.79 Å². The van der Waals surface area contributed by atoms with Crippen LogP contribution in [0, 0.1) is 0 Å². The quantitative estimate of drug-likeness (QED) is 0.885. The highest BCUT2D eigenvalue weighted by Crippen LogP contribution is 2.37. The molecule has 0 saturated heterocycles. The zero-order chi connectivity index (χ0) is 14.7. The topological polar surface area (TPSA) is 46.5 Å². The van der Waals surface area contributed by atoms with Crippen LogP contribution >= 0.6 is 23.2 Å². The fourth-order valence-corrected chi connectivity index (χ4v) is 2.32. The van der Waals surface area contributed by atoms with Gasteiger partial charge < -0.3 is 9.84 Å². The van der Waals surface area contributed by atoms with Crippen LogP contribution in [0.2, 0.25) is 10.0 Å². The molecule has 0 amide bonds. The van der Waals surface area contributed by atoms with Crippen LogP contribution in [0.15, 0.2) is 36.4 Å². The number of hydrogen-bond donors (Lipinski definition) is 1. The molecule has 0 spiro atoms. The maximum atomic E-state index is 11.0. The van der Waals surface area contributed by atoms with E-state index in [1.165, 1.54) is 6.07 Å². The van der Waals surface area contributed by atoms with E-state index in [2.05, 4.69) is 0 Å². The van der Waals surface area contributed by atoms with Crippen LogP contribution in [-0.4, -0.2) is 17.7 Å². The Hall–Kier alpha value is -1.71. The summed E-state index contributed by atoms with van der Waals surface area (Å²) >= 11 is 12.3. The number of aromatic carboxylic acids is 1. The first-order valence-electron chi connectivity index (χ1n) is 5.98. The molecule has 0 heterocycles. The summed E-state index contributed by atoms with van der Waals surface area (Å²) in [6, 6.07) is 9.84. The van der Waals surface area contributed by atoms with Crippen molar-refractivity contribution in [2.75, 3.05) is 6.61 Å². The number of carbonyl (C=O) groups is 1. The molecule has 0 aliphatic heterocycles. The molecule has 2 aromatic carbocycles. The van der Waals surface area contributed by atoms with Crippen molar-refractivity contribution in [1.82, 2.24) is 0 Å². The standard InChI is InChI=1S/C15H12Cl2O3/c1-2-20-14-8-12(16)11(7-13(14)17)9-4-3-5-10(6-9)15(18)19/h3-8H,2H2,1H3,(H,18,19). The van der Waals surface area contributed by atoms with Gasteiger partial charge in [-0.1, -0.05) is 35.3 Å². The van der Waals surface area contributed by atoms with E-state index >= 15 is 0 Å². The Balaban J connectivity index is 2.50. The van der Waals surface area contributed by atoms with Crippen molar-refractivity contribution in [3.8, 4) is 16.9 Å². The molecule has 0 aliphatic carbocycles. The fourth-order valence-electron chi connectivity index (χ4n) is 1.84. The van der Waals surface area contributed by atoms with Crippen LogP contribution in [0.5, 0.6) is 5.75 Å². The second-order valence-corrected chi connectivity index (χ2v) is 4.90. The summed E-state index contributed by atoms with van der Waals surface area (Å²) < 4.78 is 5.36. The summed E-state index contributed by atoms with van der Waals surface area (Å²) in [5, 5.41) is 9.91. The van der Waals surface area contributed by atoms with Gasteiger partial charge in [0.15, 0.2) is 0 Å². The molecule has 0 fully saturated rings. The normalized spacial score (nSPS) is 10.3. The lowest BCUT2D eigenvalue weighted by molar-refractivity contribution is 0.0697. The van der Waals surface area contributed by atoms with Gasteiger partial charge in [0, 0.05) is 11.6 Å². The second kappa shape index (κ2) is 6.16. The molecule has 5 heteroatoms. The van der Waals surface area contributed by atoms with Gasteiger partial charge in [-0.15, -0.1) is 0 Å². The van der Waals surface area contributed by atoms with E-state index in [1.807, 2.05) is 6.92 Å². The van der Waals surface area contributed by atoms with E-state index in [4.69, 9.17) is 33.0 Å². The Morgan fingerprint density at radius 1 is 1.20 bits per heavy atom. The molecule has 0 saturated carbocycles. The summed E-state index contributed by atoms with van der Waals surface area (Å²) in [6.45, 7) is 2.35. The van der Waals surface area contributed by atoms with Crippen LogP contribution < -0.4 is 4.74 Å². The summed E-state index contributed by atoms with van der Waals surface area (Å²) in [5.74, 6) is -0.475. The maximum Gasteiger partial charge on any atom is 0.335 e. The third kappa shape index (κ3) is 3.06. The van der Waals surface area contributed by atoms with Gasteiger partial charge in [0.1, 0.15) is 5.75 Å². The highest BCUT2D eigenvalue weighted by Gasteiger charge is 2.11. The number of halogens is 2. The molecule has 3 nitrogen and oxygen atoms in total. The van der Waals surface area contributed by atoms with Crippen LogP contribution in [0.3, 0.4) is 0 Å². The average Bonchev–Trinajstić information content (AvgIpc) is 2.43. The van der Waals surface area contributed by atoms with Crippen molar-refractivity contribution in [3.05, 3.63) is 52.0 Å². The van der Waals surface area contributed by atoms with E-state index in [1.54, 1.807) is 30.3 Å². The Morgan fingerprint density at radius 2 is 1.95 bits per heavy atom. The van der Waals surface area contributed by atoms with Crippen molar-refractivity contribution in [2.45, 2.75) is 6.92 Å². The zero-order valence-corrected chi connectivity index (χ0v) is 12.2. The minimum absolute atomic E-state index is 0.198. The molecule has 20 heavy (non-hydrogen) atoms. The van der Waals surface area contributed by atoms with Gasteiger partial charge in [-0.25, -0.2) is 4.79 Å². The van der Waals surface area contributed by atoms with Crippen molar-refractivity contribution < 1.29 is 14.6 Å². The summed E-state index contributed by atoms with van der Waals surface area (Å²) in [4.78, 5) is 11.0. The van der Waals surface area contributed by atoms with Gasteiger partial charge in [0.25, 0.3) is 0 Å². The largest absolute Gasteiger partial charge is 0.492 e. The summed E-state index contributed by atoms with van der Waals surface area (Å²) in [5.41, 5.74) is 1.56. The lowest BCUT2D eigenvalue weighted by Crippen LogP contribution is -1.96. The monoisotopic (exact) mass is 310 g/mol. The predicted octanol–water partition coefficient (Wildman–Crippen LogP) is 4.76. The molecule has 0 radical (unpaired) electrons. The van der Waals surface area contributed by atoms with Gasteiger partial charge in [-0.05, 0) is 30.7 Å². The molecule has 0 aliphatic rings.